The third-order valence-electron chi connectivity index (χ3n) is 2.78. The highest BCUT2D eigenvalue weighted by Crippen LogP contribution is 2.29. The van der Waals surface area contributed by atoms with E-state index in [1.54, 1.807) is 24.3 Å². The third kappa shape index (κ3) is 4.73. The number of hydrogen-bond donors (Lipinski definition) is 1. The van der Waals surface area contributed by atoms with Crippen molar-refractivity contribution < 1.29 is 18.0 Å². The van der Waals surface area contributed by atoms with Gasteiger partial charge in [-0.2, -0.15) is 13.2 Å². The van der Waals surface area contributed by atoms with Gasteiger partial charge in [0.25, 0.3) is 0 Å². The summed E-state index contributed by atoms with van der Waals surface area (Å²) in [6.07, 6.45) is -1.64. The number of amides is 1. The summed E-state index contributed by atoms with van der Waals surface area (Å²) in [7, 11) is 0. The first-order valence-corrected chi connectivity index (χ1v) is 7.06. The van der Waals surface area contributed by atoms with Gasteiger partial charge in [0.1, 0.15) is 0 Å². The summed E-state index contributed by atoms with van der Waals surface area (Å²) in [5, 5.41) is 2.65. The molecule has 0 saturated heterocycles. The van der Waals surface area contributed by atoms with E-state index in [9.17, 15) is 18.0 Å². The van der Waals surface area contributed by atoms with E-state index in [4.69, 9.17) is 0 Å². The smallest absolute Gasteiger partial charge is 0.323 e. The fourth-order valence-electron chi connectivity index (χ4n) is 1.67. The van der Waals surface area contributed by atoms with Crippen LogP contribution < -0.4 is 5.32 Å². The van der Waals surface area contributed by atoms with Gasteiger partial charge in [-0.25, -0.2) is 0 Å². The highest BCUT2D eigenvalue weighted by atomic mass is 79.9. The van der Waals surface area contributed by atoms with Gasteiger partial charge in [-0.1, -0.05) is 28.1 Å². The molecule has 2 aromatic carbocycles. The van der Waals surface area contributed by atoms with Gasteiger partial charge in [0.05, 0.1) is 5.56 Å². The number of halogens is 4. The molecular formula is C16H11BrF3NO. The normalized spacial score (nSPS) is 11.6. The zero-order valence-electron chi connectivity index (χ0n) is 11.2. The van der Waals surface area contributed by atoms with Crippen molar-refractivity contribution in [3.63, 3.8) is 0 Å². The Morgan fingerprint density at radius 1 is 1.00 bits per heavy atom. The van der Waals surface area contributed by atoms with Crippen LogP contribution in [0.3, 0.4) is 0 Å². The molecule has 0 aliphatic carbocycles. The lowest BCUT2D eigenvalue weighted by Crippen LogP contribution is -2.07. The monoisotopic (exact) mass is 369 g/mol. The quantitative estimate of drug-likeness (QED) is 0.747. The molecule has 22 heavy (non-hydrogen) atoms. The van der Waals surface area contributed by atoms with Crippen molar-refractivity contribution in [2.45, 2.75) is 6.18 Å². The van der Waals surface area contributed by atoms with Crippen molar-refractivity contribution in [2.24, 2.45) is 0 Å². The highest BCUT2D eigenvalue weighted by Gasteiger charge is 2.29. The molecule has 2 aromatic rings. The number of benzene rings is 2. The predicted octanol–water partition coefficient (Wildman–Crippen LogP) is 5.12. The number of hydrogen-bond acceptors (Lipinski definition) is 1. The predicted molar refractivity (Wildman–Crippen MR) is 83.2 cm³/mol. The first-order valence-electron chi connectivity index (χ1n) is 6.26. The van der Waals surface area contributed by atoms with Crippen molar-refractivity contribution in [2.75, 3.05) is 5.32 Å². The second-order valence-corrected chi connectivity index (χ2v) is 5.36. The first kappa shape index (κ1) is 16.3. The van der Waals surface area contributed by atoms with E-state index in [-0.39, 0.29) is 5.91 Å². The second-order valence-electron chi connectivity index (χ2n) is 4.45. The Bertz CT molecular complexity index is 676. The number of carbonyl (C=O) groups is 1. The number of alkyl halides is 3. The lowest BCUT2D eigenvalue weighted by Gasteiger charge is -2.06. The summed E-state index contributed by atoms with van der Waals surface area (Å²) >= 11 is 3.29. The van der Waals surface area contributed by atoms with Crippen molar-refractivity contribution in [3.8, 4) is 0 Å². The van der Waals surface area contributed by atoms with E-state index >= 15 is 0 Å². The van der Waals surface area contributed by atoms with E-state index in [0.717, 1.165) is 16.6 Å². The van der Waals surface area contributed by atoms with Gasteiger partial charge in [-0.05, 0) is 48.0 Å². The Labute approximate surface area is 133 Å². The highest BCUT2D eigenvalue weighted by molar-refractivity contribution is 9.10. The van der Waals surface area contributed by atoms with E-state index in [1.165, 1.54) is 24.3 Å². The Kier molecular flexibility index (Phi) is 5.03. The molecule has 0 aliphatic heterocycles. The largest absolute Gasteiger partial charge is 0.416 e. The topological polar surface area (TPSA) is 29.1 Å². The van der Waals surface area contributed by atoms with Gasteiger partial charge in [-0.3, -0.25) is 4.79 Å². The summed E-state index contributed by atoms with van der Waals surface area (Å²) in [5.41, 5.74) is 0.424. The second kappa shape index (κ2) is 6.79. The average molecular weight is 370 g/mol. The minimum atomic E-state index is -4.36. The minimum Gasteiger partial charge on any atom is -0.323 e. The number of nitrogens with one attached hydrogen (secondary N) is 1. The van der Waals surface area contributed by atoms with Gasteiger partial charge >= 0.3 is 6.18 Å². The maximum atomic E-state index is 12.4. The Balaban J connectivity index is 1.99. The van der Waals surface area contributed by atoms with Crippen molar-refractivity contribution >= 4 is 33.6 Å². The van der Waals surface area contributed by atoms with Gasteiger partial charge in [0.15, 0.2) is 0 Å². The summed E-state index contributed by atoms with van der Waals surface area (Å²) in [5.74, 6) is -0.359. The lowest BCUT2D eigenvalue weighted by atomic mass is 10.1. The molecule has 0 spiro atoms. The minimum absolute atomic E-state index is 0.359. The van der Waals surface area contributed by atoms with E-state index in [1.807, 2.05) is 0 Å². The SMILES string of the molecule is O=C(/C=C/c1ccc(C(F)(F)F)cc1)Nc1ccc(Br)cc1. The van der Waals surface area contributed by atoms with Gasteiger partial charge in [-0.15, -0.1) is 0 Å². The average Bonchev–Trinajstić information content (AvgIpc) is 2.47. The van der Waals surface area contributed by atoms with E-state index < -0.39 is 11.7 Å². The Morgan fingerprint density at radius 3 is 2.14 bits per heavy atom. The number of rotatable bonds is 3. The lowest BCUT2D eigenvalue weighted by molar-refractivity contribution is -0.137. The molecule has 6 heteroatoms. The maximum absolute atomic E-state index is 12.4. The van der Waals surface area contributed by atoms with Crippen LogP contribution in [0, 0.1) is 0 Å². The van der Waals surface area contributed by atoms with Crippen LogP contribution in [0.5, 0.6) is 0 Å². The first-order chi connectivity index (χ1) is 10.3. The third-order valence-corrected chi connectivity index (χ3v) is 3.31. The van der Waals surface area contributed by atoms with Crippen LogP contribution >= 0.6 is 15.9 Å². The van der Waals surface area contributed by atoms with Gasteiger partial charge < -0.3 is 5.32 Å². The number of carbonyl (C=O) groups excluding carboxylic acids is 1. The van der Waals surface area contributed by atoms with Gasteiger partial charge in [0, 0.05) is 16.2 Å². The van der Waals surface area contributed by atoms with Crippen LogP contribution in [0.4, 0.5) is 18.9 Å². The van der Waals surface area contributed by atoms with Crippen LogP contribution in [0.2, 0.25) is 0 Å². The molecular weight excluding hydrogens is 359 g/mol. The fraction of sp³-hybridized carbons (Fsp3) is 0.0625. The molecule has 0 heterocycles. The molecule has 0 fully saturated rings. The van der Waals surface area contributed by atoms with E-state index in [0.29, 0.717) is 11.3 Å². The summed E-state index contributed by atoms with van der Waals surface area (Å²) in [4.78, 5) is 11.7. The van der Waals surface area contributed by atoms with E-state index in [2.05, 4.69) is 21.2 Å². The molecule has 0 aliphatic rings. The standard InChI is InChI=1S/C16H11BrF3NO/c17-13-6-8-14(9-7-13)21-15(22)10-3-11-1-4-12(5-2-11)16(18,19)20/h1-10H,(H,21,22)/b10-3+. The molecule has 0 atom stereocenters. The van der Waals surface area contributed by atoms with Crippen LogP contribution in [-0.2, 0) is 11.0 Å². The molecule has 0 radical (unpaired) electrons. The molecule has 2 rings (SSSR count). The molecule has 0 bridgehead atoms. The molecule has 2 nitrogen and oxygen atoms in total. The molecule has 0 aromatic heterocycles. The van der Waals surface area contributed by atoms with Crippen molar-refractivity contribution in [1.82, 2.24) is 0 Å². The van der Waals surface area contributed by atoms with Crippen LogP contribution in [-0.4, -0.2) is 5.91 Å². The summed E-state index contributed by atoms with van der Waals surface area (Å²) < 4.78 is 38.2. The zero-order chi connectivity index (χ0) is 16.2. The molecule has 1 N–H and O–H groups in total. The maximum Gasteiger partial charge on any atom is 0.416 e. The summed E-state index contributed by atoms with van der Waals surface area (Å²) in [6, 6.07) is 11.6. The fourth-order valence-corrected chi connectivity index (χ4v) is 1.94. The van der Waals surface area contributed by atoms with Crippen LogP contribution in [0.25, 0.3) is 6.08 Å². The van der Waals surface area contributed by atoms with Gasteiger partial charge in [0.2, 0.25) is 5.91 Å². The number of anilines is 1. The van der Waals surface area contributed by atoms with Crippen molar-refractivity contribution in [1.29, 1.82) is 0 Å². The summed E-state index contributed by atoms with van der Waals surface area (Å²) in [6.45, 7) is 0. The molecule has 114 valence electrons. The Morgan fingerprint density at radius 2 is 1.59 bits per heavy atom. The van der Waals surface area contributed by atoms with Crippen LogP contribution in [0.1, 0.15) is 11.1 Å². The molecule has 0 saturated carbocycles. The van der Waals surface area contributed by atoms with Crippen LogP contribution in [0.15, 0.2) is 59.1 Å². The zero-order valence-corrected chi connectivity index (χ0v) is 12.8. The van der Waals surface area contributed by atoms with Crippen molar-refractivity contribution in [3.05, 3.63) is 70.2 Å². The molecule has 1 amide bonds. The Hall–Kier alpha value is -2.08. The molecule has 0 unspecified atom stereocenters.